The number of rotatable bonds is 5. The van der Waals surface area contributed by atoms with E-state index in [1.807, 2.05) is 45.0 Å². The second-order valence-corrected chi connectivity index (χ2v) is 4.36. The van der Waals surface area contributed by atoms with Gasteiger partial charge >= 0.3 is 0 Å². The van der Waals surface area contributed by atoms with Crippen LogP contribution in [-0.4, -0.2) is 18.1 Å². The fourth-order valence-corrected chi connectivity index (χ4v) is 1.26. The quantitative estimate of drug-likeness (QED) is 0.766. The van der Waals surface area contributed by atoms with Crippen LogP contribution in [0.4, 0.5) is 0 Å². The molecule has 0 spiro atoms. The summed E-state index contributed by atoms with van der Waals surface area (Å²) in [5, 5.41) is 0. The highest BCUT2D eigenvalue weighted by atomic mass is 16.5. The van der Waals surface area contributed by atoms with E-state index in [2.05, 4.69) is 10.9 Å². The Labute approximate surface area is 102 Å². The first-order valence-corrected chi connectivity index (χ1v) is 5.77. The number of carbonyl (C=O) groups excluding carboxylic acids is 1. The molecule has 1 rings (SSSR count). The molecule has 0 fully saturated rings. The molecule has 0 bridgehead atoms. The van der Waals surface area contributed by atoms with Crippen molar-refractivity contribution in [3.8, 4) is 5.75 Å². The summed E-state index contributed by atoms with van der Waals surface area (Å²) >= 11 is 0. The molecular formula is C13H20N2O2. The van der Waals surface area contributed by atoms with Crippen molar-refractivity contribution >= 4 is 5.91 Å². The monoisotopic (exact) mass is 236 g/mol. The summed E-state index contributed by atoms with van der Waals surface area (Å²) in [5.41, 5.74) is 6.55. The molecule has 0 radical (unpaired) electrons. The van der Waals surface area contributed by atoms with Gasteiger partial charge in [-0.15, -0.1) is 0 Å². The number of hydrazine groups is 1. The number of benzene rings is 1. The first-order chi connectivity index (χ1) is 7.99. The Bertz CT molecular complexity index is 377. The molecule has 4 heteroatoms. The molecule has 1 aromatic carbocycles. The number of nitrogens with one attached hydrogen (secondary N) is 2. The number of amides is 1. The minimum Gasteiger partial charge on any atom is -0.481 e. The van der Waals surface area contributed by atoms with Crippen molar-refractivity contribution in [2.24, 2.45) is 0 Å². The van der Waals surface area contributed by atoms with E-state index in [4.69, 9.17) is 4.74 Å². The topological polar surface area (TPSA) is 50.4 Å². The third-order valence-electron chi connectivity index (χ3n) is 2.16. The first-order valence-electron chi connectivity index (χ1n) is 5.77. The zero-order valence-electron chi connectivity index (χ0n) is 10.8. The molecule has 0 saturated carbocycles. The predicted octanol–water partition coefficient (Wildman–Crippen LogP) is 1.79. The molecule has 0 unspecified atom stereocenters. The zero-order chi connectivity index (χ0) is 12.8. The molecule has 2 N–H and O–H groups in total. The van der Waals surface area contributed by atoms with Crippen molar-refractivity contribution < 1.29 is 9.53 Å². The molecule has 1 amide bonds. The number of aryl methyl sites for hydroxylation is 1. The fourth-order valence-electron chi connectivity index (χ4n) is 1.26. The van der Waals surface area contributed by atoms with Crippen LogP contribution < -0.4 is 15.6 Å². The van der Waals surface area contributed by atoms with E-state index >= 15 is 0 Å². The summed E-state index contributed by atoms with van der Waals surface area (Å²) in [6, 6.07) is 7.83. The van der Waals surface area contributed by atoms with Crippen LogP contribution in [0.15, 0.2) is 24.3 Å². The molecule has 4 nitrogen and oxygen atoms in total. The van der Waals surface area contributed by atoms with Crippen molar-refractivity contribution in [3.63, 3.8) is 0 Å². The third-order valence-corrected chi connectivity index (χ3v) is 2.16. The molecule has 1 atom stereocenters. The van der Waals surface area contributed by atoms with E-state index in [0.717, 1.165) is 5.56 Å². The first kappa shape index (κ1) is 13.5. The van der Waals surface area contributed by atoms with Gasteiger partial charge in [-0.05, 0) is 45.4 Å². The van der Waals surface area contributed by atoms with Crippen molar-refractivity contribution in [1.82, 2.24) is 10.9 Å². The van der Waals surface area contributed by atoms with Gasteiger partial charge in [0.2, 0.25) is 0 Å². The van der Waals surface area contributed by atoms with Gasteiger partial charge in [-0.1, -0.05) is 12.1 Å². The molecule has 17 heavy (non-hydrogen) atoms. The smallest absolute Gasteiger partial charge is 0.274 e. The summed E-state index contributed by atoms with van der Waals surface area (Å²) in [4.78, 5) is 11.6. The molecule has 0 aliphatic heterocycles. The van der Waals surface area contributed by atoms with Crippen LogP contribution in [0.3, 0.4) is 0 Å². The van der Waals surface area contributed by atoms with Gasteiger partial charge in [-0.2, -0.15) is 0 Å². The molecule has 0 saturated heterocycles. The Morgan fingerprint density at radius 2 is 2.00 bits per heavy atom. The summed E-state index contributed by atoms with van der Waals surface area (Å²) < 4.78 is 5.54. The van der Waals surface area contributed by atoms with Crippen LogP contribution in [0.2, 0.25) is 0 Å². The van der Waals surface area contributed by atoms with Crippen LogP contribution in [-0.2, 0) is 4.79 Å². The molecule has 1 aromatic rings. The molecule has 0 heterocycles. The van der Waals surface area contributed by atoms with E-state index in [9.17, 15) is 4.79 Å². The summed E-state index contributed by atoms with van der Waals surface area (Å²) in [5.74, 6) is 0.525. The van der Waals surface area contributed by atoms with E-state index in [-0.39, 0.29) is 11.9 Å². The van der Waals surface area contributed by atoms with Gasteiger partial charge in [0.15, 0.2) is 6.10 Å². The van der Waals surface area contributed by atoms with Gasteiger partial charge in [-0.3, -0.25) is 10.2 Å². The molecule has 0 aliphatic carbocycles. The maximum Gasteiger partial charge on any atom is 0.274 e. The lowest BCUT2D eigenvalue weighted by Crippen LogP contribution is -2.47. The minimum atomic E-state index is -0.525. The van der Waals surface area contributed by atoms with Gasteiger partial charge < -0.3 is 4.74 Å². The maximum atomic E-state index is 11.6. The Hall–Kier alpha value is -1.55. The average Bonchev–Trinajstić information content (AvgIpc) is 2.25. The molecular weight excluding hydrogens is 216 g/mol. The Kier molecular flexibility index (Phi) is 4.97. The van der Waals surface area contributed by atoms with E-state index in [1.165, 1.54) is 0 Å². The van der Waals surface area contributed by atoms with Crippen molar-refractivity contribution in [1.29, 1.82) is 0 Å². The zero-order valence-corrected chi connectivity index (χ0v) is 10.8. The normalized spacial score (nSPS) is 12.3. The number of hydrogen-bond donors (Lipinski definition) is 2. The lowest BCUT2D eigenvalue weighted by Gasteiger charge is -2.16. The van der Waals surface area contributed by atoms with E-state index in [0.29, 0.717) is 5.75 Å². The second kappa shape index (κ2) is 6.25. The largest absolute Gasteiger partial charge is 0.481 e. The standard InChI is InChI=1S/C13H20N2O2/c1-9(2)14-15-13(16)11(4)17-12-7-5-6-10(3)8-12/h5-9,11,14H,1-4H3,(H,15,16)/t11-/m1/s1. The SMILES string of the molecule is Cc1cccc(O[C@H](C)C(=O)NNC(C)C)c1. The fraction of sp³-hybridized carbons (Fsp3) is 0.462. The highest BCUT2D eigenvalue weighted by molar-refractivity contribution is 5.80. The average molecular weight is 236 g/mol. The molecule has 94 valence electrons. The minimum absolute atomic E-state index is 0.180. The number of ether oxygens (including phenoxy) is 1. The van der Waals surface area contributed by atoms with Crippen molar-refractivity contribution in [3.05, 3.63) is 29.8 Å². The lowest BCUT2D eigenvalue weighted by molar-refractivity contribution is -0.128. The molecule has 0 aliphatic rings. The van der Waals surface area contributed by atoms with E-state index < -0.39 is 6.10 Å². The van der Waals surface area contributed by atoms with Gasteiger partial charge in [0.05, 0.1) is 0 Å². The Morgan fingerprint density at radius 3 is 2.59 bits per heavy atom. The summed E-state index contributed by atoms with van der Waals surface area (Å²) in [6.07, 6.45) is -0.525. The van der Waals surface area contributed by atoms with E-state index in [1.54, 1.807) is 6.92 Å². The molecule has 0 aromatic heterocycles. The van der Waals surface area contributed by atoms with Gasteiger partial charge in [0, 0.05) is 6.04 Å². The van der Waals surface area contributed by atoms with Crippen LogP contribution in [0.1, 0.15) is 26.3 Å². The highest BCUT2D eigenvalue weighted by Gasteiger charge is 2.14. The number of hydrogen-bond acceptors (Lipinski definition) is 3. The van der Waals surface area contributed by atoms with Crippen molar-refractivity contribution in [2.75, 3.05) is 0 Å². The highest BCUT2D eigenvalue weighted by Crippen LogP contribution is 2.13. The van der Waals surface area contributed by atoms with Crippen LogP contribution in [0.25, 0.3) is 0 Å². The van der Waals surface area contributed by atoms with Crippen LogP contribution in [0.5, 0.6) is 5.75 Å². The summed E-state index contributed by atoms with van der Waals surface area (Å²) in [6.45, 7) is 7.61. The Balaban J connectivity index is 2.48. The predicted molar refractivity (Wildman–Crippen MR) is 67.7 cm³/mol. The van der Waals surface area contributed by atoms with Gasteiger partial charge in [0.25, 0.3) is 5.91 Å². The van der Waals surface area contributed by atoms with Crippen molar-refractivity contribution in [2.45, 2.75) is 39.8 Å². The van der Waals surface area contributed by atoms with Gasteiger partial charge in [0.1, 0.15) is 5.75 Å². The number of carbonyl (C=O) groups is 1. The van der Waals surface area contributed by atoms with Crippen LogP contribution >= 0.6 is 0 Å². The lowest BCUT2D eigenvalue weighted by atomic mass is 10.2. The van der Waals surface area contributed by atoms with Crippen LogP contribution in [0, 0.1) is 6.92 Å². The maximum absolute atomic E-state index is 11.6. The third kappa shape index (κ3) is 4.87. The Morgan fingerprint density at radius 1 is 1.29 bits per heavy atom. The second-order valence-electron chi connectivity index (χ2n) is 4.36. The summed E-state index contributed by atoms with van der Waals surface area (Å²) in [7, 11) is 0. The van der Waals surface area contributed by atoms with Gasteiger partial charge in [-0.25, -0.2) is 5.43 Å².